The highest BCUT2D eigenvalue weighted by Crippen LogP contribution is 2.15. The molecule has 3 heteroatoms. The summed E-state index contributed by atoms with van der Waals surface area (Å²) in [6.07, 6.45) is 2.40. The number of nitrogens with one attached hydrogen (secondary N) is 1. The third kappa shape index (κ3) is 4.33. The lowest BCUT2D eigenvalue weighted by Gasteiger charge is -2.32. The summed E-state index contributed by atoms with van der Waals surface area (Å²) >= 11 is 0. The Kier molecular flexibility index (Phi) is 5.09. The van der Waals surface area contributed by atoms with Gasteiger partial charge in [-0.1, -0.05) is 42.5 Å². The van der Waals surface area contributed by atoms with Gasteiger partial charge in [0, 0.05) is 19.1 Å². The summed E-state index contributed by atoms with van der Waals surface area (Å²) in [5.41, 5.74) is 2.63. The highest BCUT2D eigenvalue weighted by molar-refractivity contribution is 5.25. The molecule has 1 heterocycles. The molecule has 0 bridgehead atoms. The van der Waals surface area contributed by atoms with Crippen molar-refractivity contribution >= 4 is 0 Å². The van der Waals surface area contributed by atoms with Gasteiger partial charge in [0.15, 0.2) is 0 Å². The van der Waals surface area contributed by atoms with Crippen LogP contribution in [0.3, 0.4) is 0 Å². The Morgan fingerprint density at radius 2 is 1.59 bits per heavy atom. The predicted octanol–water partition coefficient (Wildman–Crippen LogP) is 3.15. The Balaban J connectivity index is 1.41. The summed E-state index contributed by atoms with van der Waals surface area (Å²) in [4.78, 5) is 2.54. The van der Waals surface area contributed by atoms with E-state index in [-0.39, 0.29) is 0 Å². The van der Waals surface area contributed by atoms with Gasteiger partial charge in [0.25, 0.3) is 0 Å². The quantitative estimate of drug-likeness (QED) is 0.890. The van der Waals surface area contributed by atoms with Crippen LogP contribution in [0.4, 0.5) is 0 Å². The van der Waals surface area contributed by atoms with E-state index < -0.39 is 0 Å². The van der Waals surface area contributed by atoms with Gasteiger partial charge < -0.3 is 10.4 Å². The number of likely N-dealkylation sites (tertiary alicyclic amines) is 1. The van der Waals surface area contributed by atoms with Gasteiger partial charge in [0.1, 0.15) is 5.75 Å². The molecule has 1 aliphatic rings. The zero-order valence-corrected chi connectivity index (χ0v) is 12.9. The highest BCUT2D eigenvalue weighted by Gasteiger charge is 2.18. The third-order valence-electron chi connectivity index (χ3n) is 4.37. The number of benzene rings is 2. The zero-order chi connectivity index (χ0) is 15.2. The number of aromatic hydroxyl groups is 1. The van der Waals surface area contributed by atoms with E-state index in [0.717, 1.165) is 26.2 Å². The average molecular weight is 296 g/mol. The van der Waals surface area contributed by atoms with Crippen LogP contribution in [0.5, 0.6) is 5.75 Å². The number of rotatable bonds is 5. The molecule has 0 saturated carbocycles. The van der Waals surface area contributed by atoms with Gasteiger partial charge >= 0.3 is 0 Å². The van der Waals surface area contributed by atoms with E-state index >= 15 is 0 Å². The molecule has 116 valence electrons. The Labute approximate surface area is 132 Å². The fourth-order valence-corrected chi connectivity index (χ4v) is 3.01. The van der Waals surface area contributed by atoms with E-state index in [1.165, 1.54) is 24.0 Å². The van der Waals surface area contributed by atoms with Crippen molar-refractivity contribution in [3.63, 3.8) is 0 Å². The number of phenolic OH excluding ortho intramolecular Hbond substituents is 1. The van der Waals surface area contributed by atoms with Gasteiger partial charge in [-0.25, -0.2) is 0 Å². The standard InChI is InChI=1S/C19H24N2O/c22-19-8-6-16(7-9-19)14-20-18-10-12-21(13-11-18)15-17-4-2-1-3-5-17/h1-9,18,20,22H,10-15H2. The molecule has 2 aromatic rings. The molecular weight excluding hydrogens is 272 g/mol. The maximum absolute atomic E-state index is 9.30. The SMILES string of the molecule is Oc1ccc(CNC2CCN(Cc3ccccc3)CC2)cc1. The monoisotopic (exact) mass is 296 g/mol. The first-order valence-corrected chi connectivity index (χ1v) is 8.07. The molecule has 0 aromatic heterocycles. The second kappa shape index (κ2) is 7.43. The van der Waals surface area contributed by atoms with Crippen molar-refractivity contribution in [1.82, 2.24) is 10.2 Å². The van der Waals surface area contributed by atoms with Crippen LogP contribution in [-0.2, 0) is 13.1 Å². The summed E-state index contributed by atoms with van der Waals surface area (Å²) in [6.45, 7) is 4.25. The van der Waals surface area contributed by atoms with Crippen LogP contribution in [0.25, 0.3) is 0 Å². The Morgan fingerprint density at radius 3 is 2.27 bits per heavy atom. The van der Waals surface area contributed by atoms with Gasteiger partial charge in [-0.05, 0) is 49.2 Å². The maximum Gasteiger partial charge on any atom is 0.115 e. The number of hydrogen-bond donors (Lipinski definition) is 2. The van der Waals surface area contributed by atoms with E-state index in [2.05, 4.69) is 40.5 Å². The van der Waals surface area contributed by atoms with Crippen LogP contribution < -0.4 is 5.32 Å². The first-order valence-electron chi connectivity index (χ1n) is 8.07. The smallest absolute Gasteiger partial charge is 0.115 e. The van der Waals surface area contributed by atoms with Crippen LogP contribution in [-0.4, -0.2) is 29.1 Å². The van der Waals surface area contributed by atoms with Crippen molar-refractivity contribution in [2.75, 3.05) is 13.1 Å². The minimum atomic E-state index is 0.331. The lowest BCUT2D eigenvalue weighted by Crippen LogP contribution is -2.41. The van der Waals surface area contributed by atoms with E-state index in [1.54, 1.807) is 12.1 Å². The minimum absolute atomic E-state index is 0.331. The molecule has 2 N–H and O–H groups in total. The Bertz CT molecular complexity index is 560. The zero-order valence-electron chi connectivity index (χ0n) is 12.9. The molecule has 3 rings (SSSR count). The van der Waals surface area contributed by atoms with Gasteiger partial charge in [0.05, 0.1) is 0 Å². The van der Waals surface area contributed by atoms with Crippen LogP contribution in [0.1, 0.15) is 24.0 Å². The van der Waals surface area contributed by atoms with Crippen molar-refractivity contribution in [3.05, 3.63) is 65.7 Å². The van der Waals surface area contributed by atoms with Crippen LogP contribution in [0.15, 0.2) is 54.6 Å². The van der Waals surface area contributed by atoms with Crippen LogP contribution in [0.2, 0.25) is 0 Å². The minimum Gasteiger partial charge on any atom is -0.508 e. The molecule has 22 heavy (non-hydrogen) atoms. The van der Waals surface area contributed by atoms with E-state index in [9.17, 15) is 5.11 Å². The van der Waals surface area contributed by atoms with Crippen LogP contribution in [0, 0.1) is 0 Å². The van der Waals surface area contributed by atoms with Crippen molar-refractivity contribution in [2.45, 2.75) is 32.0 Å². The summed E-state index contributed by atoms with van der Waals surface area (Å²) < 4.78 is 0. The lowest BCUT2D eigenvalue weighted by atomic mass is 10.0. The summed E-state index contributed by atoms with van der Waals surface area (Å²) in [5.74, 6) is 0.331. The third-order valence-corrected chi connectivity index (χ3v) is 4.37. The molecule has 2 aromatic carbocycles. The average Bonchev–Trinajstić information content (AvgIpc) is 2.57. The Hall–Kier alpha value is -1.84. The number of phenols is 1. The molecular formula is C19H24N2O. The molecule has 1 saturated heterocycles. The van der Waals surface area contributed by atoms with Gasteiger partial charge in [0.2, 0.25) is 0 Å². The van der Waals surface area contributed by atoms with Crippen molar-refractivity contribution in [3.8, 4) is 5.75 Å². The summed E-state index contributed by atoms with van der Waals surface area (Å²) in [7, 11) is 0. The first kappa shape index (κ1) is 15.1. The summed E-state index contributed by atoms with van der Waals surface area (Å²) in [6, 6.07) is 18.8. The molecule has 1 aliphatic heterocycles. The molecule has 3 nitrogen and oxygen atoms in total. The number of hydrogen-bond acceptors (Lipinski definition) is 3. The van der Waals surface area contributed by atoms with Crippen molar-refractivity contribution < 1.29 is 5.11 Å². The predicted molar refractivity (Wildman–Crippen MR) is 89.7 cm³/mol. The largest absolute Gasteiger partial charge is 0.508 e. The van der Waals surface area contributed by atoms with Crippen molar-refractivity contribution in [1.29, 1.82) is 0 Å². The number of nitrogens with zero attached hydrogens (tertiary/aromatic N) is 1. The highest BCUT2D eigenvalue weighted by atomic mass is 16.3. The summed E-state index contributed by atoms with van der Waals surface area (Å²) in [5, 5.41) is 12.9. The second-order valence-electron chi connectivity index (χ2n) is 6.08. The van der Waals surface area contributed by atoms with E-state index in [4.69, 9.17) is 0 Å². The lowest BCUT2D eigenvalue weighted by molar-refractivity contribution is 0.190. The molecule has 0 spiro atoms. The molecule has 0 aliphatic carbocycles. The van der Waals surface area contributed by atoms with E-state index in [0.29, 0.717) is 11.8 Å². The molecule has 0 amide bonds. The normalized spacial score (nSPS) is 16.7. The van der Waals surface area contributed by atoms with Crippen LogP contribution >= 0.6 is 0 Å². The van der Waals surface area contributed by atoms with Gasteiger partial charge in [-0.3, -0.25) is 4.90 Å². The van der Waals surface area contributed by atoms with Gasteiger partial charge in [-0.15, -0.1) is 0 Å². The molecule has 0 radical (unpaired) electrons. The van der Waals surface area contributed by atoms with Crippen molar-refractivity contribution in [2.24, 2.45) is 0 Å². The first-order chi connectivity index (χ1) is 10.8. The molecule has 0 unspecified atom stereocenters. The fraction of sp³-hybridized carbons (Fsp3) is 0.368. The molecule has 1 fully saturated rings. The second-order valence-corrected chi connectivity index (χ2v) is 6.08. The fourth-order valence-electron chi connectivity index (χ4n) is 3.01. The maximum atomic E-state index is 9.30. The Morgan fingerprint density at radius 1 is 0.909 bits per heavy atom. The van der Waals surface area contributed by atoms with Gasteiger partial charge in [-0.2, -0.15) is 0 Å². The van der Waals surface area contributed by atoms with E-state index in [1.807, 2.05) is 12.1 Å². The topological polar surface area (TPSA) is 35.5 Å². The number of piperidine rings is 1. The molecule has 0 atom stereocenters.